The molecule has 0 aliphatic rings. The van der Waals surface area contributed by atoms with Crippen LogP contribution in [0.25, 0.3) is 0 Å². The number of carbonyl (C=O) groups excluding carboxylic acids is 1. The fourth-order valence-corrected chi connectivity index (χ4v) is 1.71. The fraction of sp³-hybridized carbons (Fsp3) is 0.0769. The second-order valence-corrected chi connectivity index (χ2v) is 4.07. The van der Waals surface area contributed by atoms with Crippen LogP contribution in [-0.2, 0) is 0 Å². The monoisotopic (exact) mass is 272 g/mol. The highest BCUT2D eigenvalue weighted by Crippen LogP contribution is 2.24. The van der Waals surface area contributed by atoms with E-state index in [1.54, 1.807) is 7.05 Å². The Morgan fingerprint density at radius 3 is 2.40 bits per heavy atom. The number of amides is 1. The van der Waals surface area contributed by atoms with Crippen molar-refractivity contribution in [1.29, 1.82) is 0 Å². The van der Waals surface area contributed by atoms with E-state index in [2.05, 4.69) is 9.97 Å². The number of rotatable bonds is 3. The molecule has 1 aromatic heterocycles. The van der Waals surface area contributed by atoms with Gasteiger partial charge in [0.25, 0.3) is 5.91 Å². The number of anilines is 2. The molecule has 20 heavy (non-hydrogen) atoms. The van der Waals surface area contributed by atoms with Gasteiger partial charge in [-0.25, -0.2) is 14.8 Å². The number of hydrogen-bond acceptors (Lipinski definition) is 5. The molecule has 0 aliphatic carbocycles. The first-order valence-electron chi connectivity index (χ1n) is 5.66. The molecule has 102 valence electrons. The number of aromatic nitrogens is 2. The summed E-state index contributed by atoms with van der Waals surface area (Å²) in [6, 6.07) is 4.18. The lowest BCUT2D eigenvalue weighted by Crippen LogP contribution is -2.27. The van der Waals surface area contributed by atoms with Crippen LogP contribution in [0, 0.1) is 0 Å². The molecule has 0 atom stereocenters. The van der Waals surface area contributed by atoms with Crippen LogP contribution in [0.3, 0.4) is 0 Å². The summed E-state index contributed by atoms with van der Waals surface area (Å²) in [5, 5.41) is 8.87. The third kappa shape index (κ3) is 2.56. The normalized spacial score (nSPS) is 10.1. The molecule has 1 amide bonds. The van der Waals surface area contributed by atoms with Gasteiger partial charge in [0.1, 0.15) is 6.33 Å². The standard InChI is InChI=1S/C13H12N4O3/c1-17(12(18)9-5-15-7-16-6-9)11-3-2-8(13(19)20)4-10(11)14/h2-7H,14H2,1H3,(H,19,20). The van der Waals surface area contributed by atoms with Gasteiger partial charge in [-0.15, -0.1) is 0 Å². The van der Waals surface area contributed by atoms with Gasteiger partial charge >= 0.3 is 5.97 Å². The molecule has 0 saturated heterocycles. The maximum atomic E-state index is 12.2. The molecule has 0 bridgehead atoms. The minimum absolute atomic E-state index is 0.0649. The maximum Gasteiger partial charge on any atom is 0.335 e. The van der Waals surface area contributed by atoms with E-state index in [9.17, 15) is 9.59 Å². The van der Waals surface area contributed by atoms with Crippen molar-refractivity contribution in [3.63, 3.8) is 0 Å². The number of nitrogens with two attached hydrogens (primary N) is 1. The number of hydrogen-bond donors (Lipinski definition) is 2. The van der Waals surface area contributed by atoms with E-state index >= 15 is 0 Å². The van der Waals surface area contributed by atoms with Crippen LogP contribution in [0.1, 0.15) is 20.7 Å². The van der Waals surface area contributed by atoms with Crippen LogP contribution in [0.4, 0.5) is 11.4 Å². The Morgan fingerprint density at radius 2 is 1.85 bits per heavy atom. The van der Waals surface area contributed by atoms with Crippen molar-refractivity contribution in [2.45, 2.75) is 0 Å². The molecule has 0 radical (unpaired) electrons. The number of aromatic carboxylic acids is 1. The van der Waals surface area contributed by atoms with Crippen LogP contribution in [-0.4, -0.2) is 34.0 Å². The topological polar surface area (TPSA) is 109 Å². The Morgan fingerprint density at radius 1 is 1.20 bits per heavy atom. The van der Waals surface area contributed by atoms with Crippen molar-refractivity contribution in [1.82, 2.24) is 9.97 Å². The Kier molecular flexibility index (Phi) is 3.60. The van der Waals surface area contributed by atoms with E-state index in [-0.39, 0.29) is 17.2 Å². The van der Waals surface area contributed by atoms with Crippen LogP contribution in [0.15, 0.2) is 36.9 Å². The lowest BCUT2D eigenvalue weighted by Gasteiger charge is -2.19. The lowest BCUT2D eigenvalue weighted by molar-refractivity contribution is 0.0697. The molecule has 0 unspecified atom stereocenters. The maximum absolute atomic E-state index is 12.2. The summed E-state index contributed by atoms with van der Waals surface area (Å²) in [6.07, 6.45) is 4.12. The number of nitrogen functional groups attached to an aromatic ring is 1. The first kappa shape index (κ1) is 13.5. The average Bonchev–Trinajstić information content (AvgIpc) is 2.46. The zero-order chi connectivity index (χ0) is 14.7. The number of carbonyl (C=O) groups is 2. The third-order valence-corrected chi connectivity index (χ3v) is 2.75. The molecule has 7 heteroatoms. The molecule has 0 fully saturated rings. The SMILES string of the molecule is CN(C(=O)c1cncnc1)c1ccc(C(=O)O)cc1N. The molecule has 7 nitrogen and oxygen atoms in total. The largest absolute Gasteiger partial charge is 0.478 e. The smallest absolute Gasteiger partial charge is 0.335 e. The molecular weight excluding hydrogens is 260 g/mol. The second-order valence-electron chi connectivity index (χ2n) is 4.07. The fourth-order valence-electron chi connectivity index (χ4n) is 1.71. The van der Waals surface area contributed by atoms with Gasteiger partial charge in [0.2, 0.25) is 0 Å². The molecule has 3 N–H and O–H groups in total. The van der Waals surface area contributed by atoms with Gasteiger partial charge in [0.15, 0.2) is 0 Å². The molecule has 2 aromatic rings. The summed E-state index contributed by atoms with van der Waals surface area (Å²) in [5.74, 6) is -1.41. The molecule has 1 aromatic carbocycles. The van der Waals surface area contributed by atoms with Gasteiger partial charge in [-0.3, -0.25) is 4.79 Å². The summed E-state index contributed by atoms with van der Waals surface area (Å²) in [4.78, 5) is 31.9. The van der Waals surface area contributed by atoms with Crippen molar-refractivity contribution < 1.29 is 14.7 Å². The van der Waals surface area contributed by atoms with Gasteiger partial charge in [-0.2, -0.15) is 0 Å². The number of nitrogens with zero attached hydrogens (tertiary/aromatic N) is 3. The predicted octanol–water partition coefficient (Wildman–Crippen LogP) is 1.03. The van der Waals surface area contributed by atoms with Crippen LogP contribution in [0.2, 0.25) is 0 Å². The molecule has 1 heterocycles. The first-order chi connectivity index (χ1) is 9.50. The third-order valence-electron chi connectivity index (χ3n) is 2.75. The lowest BCUT2D eigenvalue weighted by atomic mass is 10.1. The molecule has 0 aliphatic heterocycles. The quantitative estimate of drug-likeness (QED) is 0.808. The van der Waals surface area contributed by atoms with Crippen molar-refractivity contribution in [2.75, 3.05) is 17.7 Å². The Hall–Kier alpha value is -2.96. The van der Waals surface area contributed by atoms with Gasteiger partial charge in [0.05, 0.1) is 22.5 Å². The van der Waals surface area contributed by atoms with E-state index < -0.39 is 5.97 Å². The summed E-state index contributed by atoms with van der Waals surface area (Å²) >= 11 is 0. The van der Waals surface area contributed by atoms with Crippen LogP contribution >= 0.6 is 0 Å². The zero-order valence-corrected chi connectivity index (χ0v) is 10.6. The highest BCUT2D eigenvalue weighted by Gasteiger charge is 2.17. The Bertz CT molecular complexity index is 658. The minimum atomic E-state index is -1.08. The van der Waals surface area contributed by atoms with Crippen molar-refractivity contribution in [3.05, 3.63) is 48.0 Å². The number of carboxylic acids is 1. The Balaban J connectivity index is 2.32. The van der Waals surface area contributed by atoms with E-state index in [0.717, 1.165) is 0 Å². The van der Waals surface area contributed by atoms with E-state index in [1.165, 1.54) is 41.8 Å². The average molecular weight is 272 g/mol. The van der Waals surface area contributed by atoms with Gasteiger partial charge in [-0.1, -0.05) is 0 Å². The highest BCUT2D eigenvalue weighted by atomic mass is 16.4. The highest BCUT2D eigenvalue weighted by molar-refractivity contribution is 6.07. The van der Waals surface area contributed by atoms with Crippen molar-refractivity contribution >= 4 is 23.3 Å². The minimum Gasteiger partial charge on any atom is -0.478 e. The number of carboxylic acid groups (broad SMARTS) is 1. The summed E-state index contributed by atoms with van der Waals surface area (Å²) < 4.78 is 0. The van der Waals surface area contributed by atoms with Crippen LogP contribution in [0.5, 0.6) is 0 Å². The summed E-state index contributed by atoms with van der Waals surface area (Å²) in [7, 11) is 1.54. The Labute approximate surface area is 114 Å². The van der Waals surface area contributed by atoms with E-state index in [4.69, 9.17) is 10.8 Å². The molecule has 0 saturated carbocycles. The van der Waals surface area contributed by atoms with Crippen molar-refractivity contribution in [3.8, 4) is 0 Å². The second kappa shape index (κ2) is 5.35. The van der Waals surface area contributed by atoms with Gasteiger partial charge < -0.3 is 15.7 Å². The van der Waals surface area contributed by atoms with E-state index in [1.807, 2.05) is 0 Å². The van der Waals surface area contributed by atoms with Crippen LogP contribution < -0.4 is 10.6 Å². The van der Waals surface area contributed by atoms with Gasteiger partial charge in [-0.05, 0) is 18.2 Å². The summed E-state index contributed by atoms with van der Waals surface area (Å²) in [6.45, 7) is 0. The van der Waals surface area contributed by atoms with Gasteiger partial charge in [0, 0.05) is 19.4 Å². The first-order valence-corrected chi connectivity index (χ1v) is 5.66. The van der Waals surface area contributed by atoms with E-state index in [0.29, 0.717) is 11.3 Å². The van der Waals surface area contributed by atoms with Crippen molar-refractivity contribution in [2.24, 2.45) is 0 Å². The molecule has 0 spiro atoms. The summed E-state index contributed by atoms with van der Waals surface area (Å²) in [5.41, 5.74) is 6.80. The predicted molar refractivity (Wildman–Crippen MR) is 72.6 cm³/mol. The number of benzene rings is 1. The molecule has 2 rings (SSSR count). The molecular formula is C13H12N4O3. The zero-order valence-electron chi connectivity index (χ0n) is 10.6.